The van der Waals surface area contributed by atoms with E-state index in [9.17, 15) is 9.59 Å². The lowest BCUT2D eigenvalue weighted by Gasteiger charge is -2.14. The lowest BCUT2D eigenvalue weighted by Crippen LogP contribution is -2.16. The maximum absolute atomic E-state index is 13.0. The Kier molecular flexibility index (Phi) is 5.95. The normalized spacial score (nSPS) is 10.5. The molecule has 3 aromatic carbocycles. The van der Waals surface area contributed by atoms with Gasteiger partial charge in [0.2, 0.25) is 0 Å². The first kappa shape index (κ1) is 20.6. The number of nitrogens with zero attached hydrogens (tertiary/aromatic N) is 2. The van der Waals surface area contributed by atoms with Crippen LogP contribution in [0, 0.1) is 6.92 Å². The number of nitrogens with one attached hydrogen (secondary N) is 2. The molecule has 7 heteroatoms. The van der Waals surface area contributed by atoms with E-state index in [4.69, 9.17) is 0 Å². The van der Waals surface area contributed by atoms with Crippen molar-refractivity contribution in [2.45, 2.75) is 6.92 Å². The molecule has 0 aliphatic heterocycles. The Hall–Kier alpha value is -3.71. The van der Waals surface area contributed by atoms with Crippen LogP contribution < -0.4 is 10.6 Å². The molecule has 1 heterocycles. The van der Waals surface area contributed by atoms with E-state index >= 15 is 0 Å². The van der Waals surface area contributed by atoms with Gasteiger partial charge in [0.05, 0.1) is 11.4 Å². The standard InChI is InChI=1S/C24H19BrN4O2/c1-16-8-9-18(14-20(16)27-23(30)17-6-3-2-4-7-17)24(31)28-21-15-19(25)10-11-22(21)29-13-5-12-26-29/h2-15H,1H3,(H,27,30)(H,28,31). The van der Waals surface area contributed by atoms with Crippen LogP contribution in [0.3, 0.4) is 0 Å². The van der Waals surface area contributed by atoms with Gasteiger partial charge in [0.15, 0.2) is 0 Å². The van der Waals surface area contributed by atoms with Gasteiger partial charge in [-0.1, -0.05) is 40.2 Å². The first-order valence-electron chi connectivity index (χ1n) is 9.59. The second-order valence-corrected chi connectivity index (χ2v) is 7.83. The zero-order valence-corrected chi connectivity index (χ0v) is 18.3. The maximum atomic E-state index is 13.0. The monoisotopic (exact) mass is 474 g/mol. The molecule has 2 N–H and O–H groups in total. The molecule has 1 aromatic heterocycles. The fraction of sp³-hybridized carbons (Fsp3) is 0.0417. The molecule has 0 atom stereocenters. The highest BCUT2D eigenvalue weighted by Crippen LogP contribution is 2.26. The van der Waals surface area contributed by atoms with Crippen LogP contribution in [0.2, 0.25) is 0 Å². The van der Waals surface area contributed by atoms with E-state index in [0.29, 0.717) is 22.5 Å². The zero-order valence-electron chi connectivity index (χ0n) is 16.7. The first-order valence-corrected chi connectivity index (χ1v) is 10.4. The van der Waals surface area contributed by atoms with Crippen LogP contribution in [0.4, 0.5) is 11.4 Å². The number of aryl methyl sites for hydroxylation is 1. The van der Waals surface area contributed by atoms with Crippen molar-refractivity contribution in [3.8, 4) is 5.69 Å². The largest absolute Gasteiger partial charge is 0.322 e. The quantitative estimate of drug-likeness (QED) is 0.403. The molecule has 0 bridgehead atoms. The van der Waals surface area contributed by atoms with Crippen LogP contribution in [0.5, 0.6) is 0 Å². The van der Waals surface area contributed by atoms with Gasteiger partial charge in [-0.15, -0.1) is 0 Å². The SMILES string of the molecule is Cc1ccc(C(=O)Nc2cc(Br)ccc2-n2cccn2)cc1NC(=O)c1ccccc1. The predicted octanol–water partition coefficient (Wildman–Crippen LogP) is 5.45. The van der Waals surface area contributed by atoms with Crippen LogP contribution in [-0.4, -0.2) is 21.6 Å². The van der Waals surface area contributed by atoms with Gasteiger partial charge in [0.25, 0.3) is 11.8 Å². The predicted molar refractivity (Wildman–Crippen MR) is 125 cm³/mol. The van der Waals surface area contributed by atoms with Crippen molar-refractivity contribution in [2.75, 3.05) is 10.6 Å². The van der Waals surface area contributed by atoms with E-state index in [1.54, 1.807) is 47.3 Å². The van der Waals surface area contributed by atoms with E-state index in [1.165, 1.54) is 0 Å². The van der Waals surface area contributed by atoms with E-state index in [2.05, 4.69) is 31.7 Å². The maximum Gasteiger partial charge on any atom is 0.255 e. The Balaban J connectivity index is 1.58. The van der Waals surface area contributed by atoms with Gasteiger partial charge in [0.1, 0.15) is 0 Å². The van der Waals surface area contributed by atoms with Gasteiger partial charge >= 0.3 is 0 Å². The van der Waals surface area contributed by atoms with E-state index in [-0.39, 0.29) is 11.8 Å². The summed E-state index contributed by atoms with van der Waals surface area (Å²) >= 11 is 3.45. The van der Waals surface area contributed by atoms with Crippen molar-refractivity contribution >= 4 is 39.1 Å². The van der Waals surface area contributed by atoms with Gasteiger partial charge in [-0.25, -0.2) is 4.68 Å². The average Bonchev–Trinajstić information content (AvgIpc) is 3.30. The molecule has 2 amide bonds. The Morgan fingerprint density at radius 2 is 1.58 bits per heavy atom. The molecule has 31 heavy (non-hydrogen) atoms. The van der Waals surface area contributed by atoms with Gasteiger partial charge in [-0.3, -0.25) is 9.59 Å². The summed E-state index contributed by atoms with van der Waals surface area (Å²) in [6.45, 7) is 1.88. The van der Waals surface area contributed by atoms with Crippen LogP contribution in [0.25, 0.3) is 5.69 Å². The van der Waals surface area contributed by atoms with Crippen molar-refractivity contribution in [2.24, 2.45) is 0 Å². The summed E-state index contributed by atoms with van der Waals surface area (Å²) in [5, 5.41) is 10.1. The lowest BCUT2D eigenvalue weighted by atomic mass is 10.1. The summed E-state index contributed by atoms with van der Waals surface area (Å²) in [6.07, 6.45) is 3.48. The Morgan fingerprint density at radius 3 is 2.32 bits per heavy atom. The second kappa shape index (κ2) is 8.97. The minimum atomic E-state index is -0.290. The number of hydrogen-bond donors (Lipinski definition) is 2. The summed E-state index contributed by atoms with van der Waals surface area (Å²) in [5.74, 6) is -0.518. The van der Waals surface area contributed by atoms with Crippen molar-refractivity contribution in [1.82, 2.24) is 9.78 Å². The number of amides is 2. The van der Waals surface area contributed by atoms with Crippen LogP contribution >= 0.6 is 15.9 Å². The molecule has 6 nitrogen and oxygen atoms in total. The number of benzene rings is 3. The molecule has 0 spiro atoms. The van der Waals surface area contributed by atoms with Crippen molar-refractivity contribution in [1.29, 1.82) is 0 Å². The molecule has 0 saturated carbocycles. The molecule has 0 saturated heterocycles. The van der Waals surface area contributed by atoms with E-state index < -0.39 is 0 Å². The van der Waals surface area contributed by atoms with E-state index in [1.807, 2.05) is 49.5 Å². The van der Waals surface area contributed by atoms with Crippen molar-refractivity contribution in [3.05, 3.63) is 106 Å². The molecular weight excluding hydrogens is 456 g/mol. The number of carbonyl (C=O) groups is 2. The first-order chi connectivity index (χ1) is 15.0. The number of halogens is 1. The molecule has 4 rings (SSSR count). The number of hydrogen-bond acceptors (Lipinski definition) is 3. The van der Waals surface area contributed by atoms with E-state index in [0.717, 1.165) is 15.7 Å². The third-order valence-corrected chi connectivity index (χ3v) is 5.24. The molecular formula is C24H19BrN4O2. The highest BCUT2D eigenvalue weighted by atomic mass is 79.9. The zero-order chi connectivity index (χ0) is 21.8. The molecule has 0 unspecified atom stereocenters. The number of rotatable bonds is 5. The Bertz CT molecular complexity index is 1240. The smallest absolute Gasteiger partial charge is 0.255 e. The lowest BCUT2D eigenvalue weighted by molar-refractivity contribution is 0.101. The third kappa shape index (κ3) is 4.73. The van der Waals surface area contributed by atoms with Gasteiger partial charge in [-0.05, 0) is 61.0 Å². The molecule has 0 aliphatic carbocycles. The molecule has 0 fully saturated rings. The molecule has 4 aromatic rings. The van der Waals surface area contributed by atoms with Crippen LogP contribution in [0.15, 0.2) is 89.7 Å². The second-order valence-electron chi connectivity index (χ2n) is 6.92. The molecule has 154 valence electrons. The van der Waals surface area contributed by atoms with Crippen LogP contribution in [-0.2, 0) is 0 Å². The van der Waals surface area contributed by atoms with Gasteiger partial charge in [0, 0.05) is 33.7 Å². The van der Waals surface area contributed by atoms with Gasteiger partial charge in [-0.2, -0.15) is 5.10 Å². The topological polar surface area (TPSA) is 76.0 Å². The summed E-state index contributed by atoms with van der Waals surface area (Å²) < 4.78 is 2.52. The minimum absolute atomic E-state index is 0.228. The molecule has 0 aliphatic rings. The van der Waals surface area contributed by atoms with Crippen molar-refractivity contribution < 1.29 is 9.59 Å². The average molecular weight is 475 g/mol. The van der Waals surface area contributed by atoms with Gasteiger partial charge < -0.3 is 10.6 Å². The van der Waals surface area contributed by atoms with Crippen LogP contribution in [0.1, 0.15) is 26.3 Å². The highest BCUT2D eigenvalue weighted by molar-refractivity contribution is 9.10. The fourth-order valence-electron chi connectivity index (χ4n) is 3.10. The number of anilines is 2. The summed E-state index contributed by atoms with van der Waals surface area (Å²) in [4.78, 5) is 25.5. The summed E-state index contributed by atoms with van der Waals surface area (Å²) in [5.41, 5.74) is 3.78. The Labute approximate surface area is 188 Å². The number of aromatic nitrogens is 2. The summed E-state index contributed by atoms with van der Waals surface area (Å²) in [6, 6.07) is 21.6. The number of carbonyl (C=O) groups excluding carboxylic acids is 2. The highest BCUT2D eigenvalue weighted by Gasteiger charge is 2.14. The third-order valence-electron chi connectivity index (χ3n) is 4.74. The molecule has 0 radical (unpaired) electrons. The summed E-state index contributed by atoms with van der Waals surface area (Å²) in [7, 11) is 0. The fourth-order valence-corrected chi connectivity index (χ4v) is 3.46. The minimum Gasteiger partial charge on any atom is -0.322 e. The van der Waals surface area contributed by atoms with Crippen molar-refractivity contribution in [3.63, 3.8) is 0 Å². The Morgan fingerprint density at radius 1 is 0.839 bits per heavy atom.